The van der Waals surface area contributed by atoms with E-state index in [0.29, 0.717) is 11.0 Å². The average molecular weight is 299 g/mol. The molecule has 0 saturated heterocycles. The molecule has 0 spiro atoms. The van der Waals surface area contributed by atoms with E-state index in [1.807, 2.05) is 12.1 Å². The van der Waals surface area contributed by atoms with Gasteiger partial charge in [0.15, 0.2) is 5.11 Å². The Morgan fingerprint density at radius 3 is 2.52 bits per heavy atom. The van der Waals surface area contributed by atoms with Crippen molar-refractivity contribution in [3.63, 3.8) is 0 Å². The first-order chi connectivity index (χ1) is 10.1. The molecule has 2 rings (SSSR count). The van der Waals surface area contributed by atoms with Crippen molar-refractivity contribution in [3.8, 4) is 0 Å². The lowest BCUT2D eigenvalue weighted by Gasteiger charge is -2.26. The van der Waals surface area contributed by atoms with Crippen molar-refractivity contribution in [2.24, 2.45) is 5.92 Å². The Morgan fingerprint density at radius 2 is 1.90 bits per heavy atom. The molecule has 1 aromatic heterocycles. The highest BCUT2D eigenvalue weighted by atomic mass is 32.1. The van der Waals surface area contributed by atoms with Crippen LogP contribution in [0.25, 0.3) is 0 Å². The predicted octanol–water partition coefficient (Wildman–Crippen LogP) is 4.07. The number of hydrogen-bond donors (Lipinski definition) is 2. The number of aryl methyl sites for hydroxylation is 1. The van der Waals surface area contributed by atoms with Gasteiger partial charge in [0.05, 0.1) is 17.9 Å². The van der Waals surface area contributed by atoms with Crippen LogP contribution in [0.4, 0.5) is 5.69 Å². The molecule has 0 aliphatic heterocycles. The molecule has 0 aliphatic rings. The van der Waals surface area contributed by atoms with E-state index in [4.69, 9.17) is 12.2 Å². The van der Waals surface area contributed by atoms with Crippen molar-refractivity contribution >= 4 is 23.0 Å². The first kappa shape index (κ1) is 15.4. The quantitative estimate of drug-likeness (QED) is 0.834. The monoisotopic (exact) mass is 299 g/mol. The van der Waals surface area contributed by atoms with Gasteiger partial charge < -0.3 is 10.6 Å². The Hall–Kier alpha value is -1.94. The summed E-state index contributed by atoms with van der Waals surface area (Å²) >= 11 is 5.42. The van der Waals surface area contributed by atoms with Crippen LogP contribution >= 0.6 is 12.2 Å². The SMILES string of the molecule is Cc1ccccc1[C@@H](NC(=S)Nc1cccnc1)C(C)C. The summed E-state index contributed by atoms with van der Waals surface area (Å²) in [5.41, 5.74) is 3.44. The van der Waals surface area contributed by atoms with E-state index in [0.717, 1.165) is 5.69 Å². The molecule has 0 amide bonds. The van der Waals surface area contributed by atoms with Crippen LogP contribution in [0.5, 0.6) is 0 Å². The molecule has 0 aliphatic carbocycles. The molecule has 4 heteroatoms. The van der Waals surface area contributed by atoms with Crippen LogP contribution in [-0.2, 0) is 0 Å². The second-order valence-electron chi connectivity index (χ2n) is 5.42. The standard InChI is InChI=1S/C17H21N3S/c1-12(2)16(15-9-5-4-7-13(15)3)20-17(21)19-14-8-6-10-18-11-14/h4-12,16H,1-3H3,(H2,19,20,21)/t16-/m0/s1. The second-order valence-corrected chi connectivity index (χ2v) is 5.83. The lowest BCUT2D eigenvalue weighted by atomic mass is 9.93. The highest BCUT2D eigenvalue weighted by Gasteiger charge is 2.18. The summed E-state index contributed by atoms with van der Waals surface area (Å²) in [6.45, 7) is 6.51. The van der Waals surface area contributed by atoms with Crippen LogP contribution in [0, 0.1) is 12.8 Å². The second kappa shape index (κ2) is 7.18. The number of pyridine rings is 1. The fourth-order valence-electron chi connectivity index (χ4n) is 2.28. The van der Waals surface area contributed by atoms with E-state index in [2.05, 4.69) is 60.7 Å². The fourth-order valence-corrected chi connectivity index (χ4v) is 2.53. The molecule has 2 aromatic rings. The van der Waals surface area contributed by atoms with Crippen molar-refractivity contribution in [3.05, 3.63) is 59.9 Å². The van der Waals surface area contributed by atoms with Gasteiger partial charge in [0, 0.05) is 6.20 Å². The van der Waals surface area contributed by atoms with Gasteiger partial charge in [-0.2, -0.15) is 0 Å². The molecule has 110 valence electrons. The number of nitrogens with zero attached hydrogens (tertiary/aromatic N) is 1. The van der Waals surface area contributed by atoms with Gasteiger partial charge in [-0.3, -0.25) is 4.98 Å². The van der Waals surface area contributed by atoms with Crippen LogP contribution in [-0.4, -0.2) is 10.1 Å². The fraction of sp³-hybridized carbons (Fsp3) is 0.294. The van der Waals surface area contributed by atoms with Crippen molar-refractivity contribution in [2.75, 3.05) is 5.32 Å². The Balaban J connectivity index is 2.10. The average Bonchev–Trinajstić information content (AvgIpc) is 2.46. The van der Waals surface area contributed by atoms with Crippen LogP contribution in [0.1, 0.15) is 31.0 Å². The molecule has 3 nitrogen and oxygen atoms in total. The van der Waals surface area contributed by atoms with Gasteiger partial charge in [-0.05, 0) is 48.3 Å². The minimum atomic E-state index is 0.183. The number of nitrogens with one attached hydrogen (secondary N) is 2. The van der Waals surface area contributed by atoms with Gasteiger partial charge in [0.2, 0.25) is 0 Å². The number of rotatable bonds is 4. The number of thiocarbonyl (C=S) groups is 1. The van der Waals surface area contributed by atoms with Crippen molar-refractivity contribution in [2.45, 2.75) is 26.8 Å². The van der Waals surface area contributed by atoms with Gasteiger partial charge in [0.25, 0.3) is 0 Å². The van der Waals surface area contributed by atoms with Gasteiger partial charge in [0.1, 0.15) is 0 Å². The van der Waals surface area contributed by atoms with Crippen molar-refractivity contribution in [1.29, 1.82) is 0 Å². The highest BCUT2D eigenvalue weighted by Crippen LogP contribution is 2.24. The Morgan fingerprint density at radius 1 is 1.14 bits per heavy atom. The molecule has 0 radical (unpaired) electrons. The van der Waals surface area contributed by atoms with Gasteiger partial charge in [-0.15, -0.1) is 0 Å². The molecule has 1 heterocycles. The summed E-state index contributed by atoms with van der Waals surface area (Å²) in [4.78, 5) is 4.07. The maximum atomic E-state index is 5.42. The molecular weight excluding hydrogens is 278 g/mol. The lowest BCUT2D eigenvalue weighted by Crippen LogP contribution is -2.35. The van der Waals surface area contributed by atoms with E-state index in [9.17, 15) is 0 Å². The van der Waals surface area contributed by atoms with Gasteiger partial charge in [-0.25, -0.2) is 0 Å². The largest absolute Gasteiger partial charge is 0.355 e. The van der Waals surface area contributed by atoms with Crippen molar-refractivity contribution in [1.82, 2.24) is 10.3 Å². The molecule has 2 N–H and O–H groups in total. The smallest absolute Gasteiger partial charge is 0.171 e. The van der Waals surface area contributed by atoms with Crippen LogP contribution in [0.15, 0.2) is 48.8 Å². The number of hydrogen-bond acceptors (Lipinski definition) is 2. The normalized spacial score (nSPS) is 12.0. The Kier molecular flexibility index (Phi) is 5.28. The van der Waals surface area contributed by atoms with Gasteiger partial charge in [-0.1, -0.05) is 38.1 Å². The molecule has 0 bridgehead atoms. The third-order valence-corrected chi connectivity index (χ3v) is 3.62. The minimum Gasteiger partial charge on any atom is -0.355 e. The van der Waals surface area contributed by atoms with E-state index >= 15 is 0 Å². The molecule has 0 saturated carbocycles. The van der Waals surface area contributed by atoms with Crippen LogP contribution in [0.3, 0.4) is 0 Å². The topological polar surface area (TPSA) is 37.0 Å². The third kappa shape index (κ3) is 4.26. The predicted molar refractivity (Wildman–Crippen MR) is 92.4 cm³/mol. The summed E-state index contributed by atoms with van der Waals surface area (Å²) in [5.74, 6) is 0.430. The van der Waals surface area contributed by atoms with E-state index in [-0.39, 0.29) is 6.04 Å². The van der Waals surface area contributed by atoms with Crippen LogP contribution < -0.4 is 10.6 Å². The molecular formula is C17H21N3S. The number of benzene rings is 1. The highest BCUT2D eigenvalue weighted by molar-refractivity contribution is 7.80. The maximum absolute atomic E-state index is 5.42. The molecule has 0 unspecified atom stereocenters. The molecule has 0 fully saturated rings. The zero-order valence-corrected chi connectivity index (χ0v) is 13.4. The lowest BCUT2D eigenvalue weighted by molar-refractivity contribution is 0.471. The van der Waals surface area contributed by atoms with Gasteiger partial charge >= 0.3 is 0 Å². The Bertz CT molecular complexity index is 596. The molecule has 1 atom stereocenters. The summed E-state index contributed by atoms with van der Waals surface area (Å²) in [5, 5.41) is 7.20. The zero-order chi connectivity index (χ0) is 15.2. The third-order valence-electron chi connectivity index (χ3n) is 3.40. The minimum absolute atomic E-state index is 0.183. The summed E-state index contributed by atoms with van der Waals surface area (Å²) < 4.78 is 0. The van der Waals surface area contributed by atoms with E-state index < -0.39 is 0 Å². The number of aromatic nitrogens is 1. The van der Waals surface area contributed by atoms with E-state index in [1.54, 1.807) is 12.4 Å². The summed E-state index contributed by atoms with van der Waals surface area (Å²) in [7, 11) is 0. The summed E-state index contributed by atoms with van der Waals surface area (Å²) in [6, 6.07) is 12.4. The number of anilines is 1. The molecule has 1 aromatic carbocycles. The van der Waals surface area contributed by atoms with Crippen LogP contribution in [0.2, 0.25) is 0 Å². The Labute approximate surface area is 131 Å². The molecule has 21 heavy (non-hydrogen) atoms. The summed E-state index contributed by atoms with van der Waals surface area (Å²) in [6.07, 6.45) is 3.50. The van der Waals surface area contributed by atoms with Crippen molar-refractivity contribution < 1.29 is 0 Å². The zero-order valence-electron chi connectivity index (χ0n) is 12.6. The van der Waals surface area contributed by atoms with E-state index in [1.165, 1.54) is 11.1 Å². The first-order valence-electron chi connectivity index (χ1n) is 7.11. The first-order valence-corrected chi connectivity index (χ1v) is 7.52. The maximum Gasteiger partial charge on any atom is 0.171 e.